The largest absolute Gasteiger partial charge is 0.496 e. The Labute approximate surface area is 139 Å². The van der Waals surface area contributed by atoms with Crippen LogP contribution in [0.15, 0.2) is 42.5 Å². The van der Waals surface area contributed by atoms with Crippen molar-refractivity contribution >= 4 is 11.5 Å². The van der Waals surface area contributed by atoms with Gasteiger partial charge in [-0.1, -0.05) is 6.07 Å². The molecule has 2 aromatic rings. The number of fused-ring (bicyclic) bond motifs is 1. The highest BCUT2D eigenvalue weighted by Gasteiger charge is 2.25. The van der Waals surface area contributed by atoms with Crippen LogP contribution in [0.5, 0.6) is 11.5 Å². The van der Waals surface area contributed by atoms with Gasteiger partial charge in [0.25, 0.3) is 0 Å². The molecule has 0 saturated carbocycles. The molecule has 0 amide bonds. The molecule has 5 heteroatoms. The molecule has 0 aromatic heterocycles. The normalized spacial score (nSPS) is 15.8. The monoisotopic (exact) mass is 328 g/mol. The van der Waals surface area contributed by atoms with E-state index in [1.807, 2.05) is 13.0 Å². The van der Waals surface area contributed by atoms with E-state index in [4.69, 9.17) is 14.2 Å². The lowest BCUT2D eigenvalue weighted by atomic mass is 9.91. The number of hydrogen-bond acceptors (Lipinski definition) is 4. The van der Waals surface area contributed by atoms with Crippen molar-refractivity contribution < 1.29 is 23.4 Å². The van der Waals surface area contributed by atoms with E-state index in [2.05, 4.69) is 0 Å². The Morgan fingerprint density at radius 2 is 2.00 bits per heavy atom. The van der Waals surface area contributed by atoms with Gasteiger partial charge >= 0.3 is 5.97 Å². The van der Waals surface area contributed by atoms with Gasteiger partial charge in [-0.3, -0.25) is 0 Å². The standard InChI is InChI=1S/C19H17FO4/c1-11-9-14(18-15(20)5-4-6-17(18)22-2)13-10-12(19(21)23-3)7-8-16(13)24-11/h4-11H,1-3H3. The average molecular weight is 328 g/mol. The van der Waals surface area contributed by atoms with Crippen LogP contribution in [0.1, 0.15) is 28.4 Å². The third-order valence-corrected chi connectivity index (χ3v) is 3.87. The summed E-state index contributed by atoms with van der Waals surface area (Å²) in [6, 6.07) is 9.63. The van der Waals surface area contributed by atoms with Crippen molar-refractivity contribution in [3.8, 4) is 11.5 Å². The average Bonchev–Trinajstić information content (AvgIpc) is 2.59. The number of hydrogen-bond donors (Lipinski definition) is 0. The molecule has 1 heterocycles. The molecule has 3 rings (SSSR count). The Kier molecular flexibility index (Phi) is 4.25. The quantitative estimate of drug-likeness (QED) is 0.803. The summed E-state index contributed by atoms with van der Waals surface area (Å²) in [6.45, 7) is 1.87. The molecule has 2 aromatic carbocycles. The first-order valence-electron chi connectivity index (χ1n) is 7.49. The zero-order valence-corrected chi connectivity index (χ0v) is 13.6. The van der Waals surface area contributed by atoms with Gasteiger partial charge in [0.1, 0.15) is 23.4 Å². The summed E-state index contributed by atoms with van der Waals surface area (Å²) in [5, 5.41) is 0. The van der Waals surface area contributed by atoms with Crippen molar-refractivity contribution in [3.05, 3.63) is 65.0 Å². The highest BCUT2D eigenvalue weighted by atomic mass is 19.1. The predicted molar refractivity (Wildman–Crippen MR) is 87.9 cm³/mol. The first kappa shape index (κ1) is 16.1. The smallest absolute Gasteiger partial charge is 0.337 e. The molecule has 0 N–H and O–H groups in total. The number of halogens is 1. The Bertz CT molecular complexity index is 826. The molecule has 4 nitrogen and oxygen atoms in total. The Morgan fingerprint density at radius 3 is 2.71 bits per heavy atom. The Morgan fingerprint density at radius 1 is 1.21 bits per heavy atom. The number of methoxy groups -OCH3 is 2. The third-order valence-electron chi connectivity index (χ3n) is 3.87. The van der Waals surface area contributed by atoms with E-state index < -0.39 is 11.8 Å². The molecule has 1 aliphatic rings. The summed E-state index contributed by atoms with van der Waals surface area (Å²) in [5.41, 5.74) is 1.97. The number of carbonyl (C=O) groups is 1. The maximum absolute atomic E-state index is 14.5. The van der Waals surface area contributed by atoms with Crippen LogP contribution in [0.25, 0.3) is 5.57 Å². The lowest BCUT2D eigenvalue weighted by Crippen LogP contribution is -2.17. The van der Waals surface area contributed by atoms with E-state index >= 15 is 0 Å². The van der Waals surface area contributed by atoms with Gasteiger partial charge < -0.3 is 14.2 Å². The maximum atomic E-state index is 14.5. The number of benzene rings is 2. The fourth-order valence-electron chi connectivity index (χ4n) is 2.80. The Balaban J connectivity index is 2.22. The lowest BCUT2D eigenvalue weighted by molar-refractivity contribution is 0.0600. The molecule has 124 valence electrons. The van der Waals surface area contributed by atoms with Crippen molar-refractivity contribution in [2.75, 3.05) is 14.2 Å². The van der Waals surface area contributed by atoms with Gasteiger partial charge in [0, 0.05) is 5.56 Å². The van der Waals surface area contributed by atoms with Crippen LogP contribution in [0.4, 0.5) is 4.39 Å². The van der Waals surface area contributed by atoms with Crippen LogP contribution < -0.4 is 9.47 Å². The second-order valence-electron chi connectivity index (χ2n) is 5.42. The first-order valence-corrected chi connectivity index (χ1v) is 7.49. The molecular weight excluding hydrogens is 311 g/mol. The molecular formula is C19H17FO4. The number of carbonyl (C=O) groups excluding carboxylic acids is 1. The van der Waals surface area contributed by atoms with Crippen LogP contribution in [0, 0.1) is 5.82 Å². The van der Waals surface area contributed by atoms with Gasteiger partial charge in [-0.15, -0.1) is 0 Å². The van der Waals surface area contributed by atoms with Gasteiger partial charge in [0.2, 0.25) is 0 Å². The van der Waals surface area contributed by atoms with Crippen LogP contribution in [0.3, 0.4) is 0 Å². The molecule has 1 aliphatic heterocycles. The van der Waals surface area contributed by atoms with Crippen LogP contribution in [-0.4, -0.2) is 26.3 Å². The van der Waals surface area contributed by atoms with E-state index in [0.717, 1.165) is 0 Å². The van der Waals surface area contributed by atoms with Gasteiger partial charge in [-0.2, -0.15) is 0 Å². The summed E-state index contributed by atoms with van der Waals surface area (Å²) < 4.78 is 30.4. The van der Waals surface area contributed by atoms with E-state index in [-0.39, 0.29) is 6.10 Å². The molecule has 0 fully saturated rings. The highest BCUT2D eigenvalue weighted by molar-refractivity contribution is 5.94. The van der Waals surface area contributed by atoms with Crippen molar-refractivity contribution in [1.29, 1.82) is 0 Å². The first-order chi connectivity index (χ1) is 11.5. The zero-order chi connectivity index (χ0) is 17.3. The summed E-state index contributed by atoms with van der Waals surface area (Å²) in [6.07, 6.45) is 1.57. The maximum Gasteiger partial charge on any atom is 0.337 e. The summed E-state index contributed by atoms with van der Waals surface area (Å²) >= 11 is 0. The third kappa shape index (κ3) is 2.73. The number of rotatable bonds is 3. The topological polar surface area (TPSA) is 44.8 Å². The van der Waals surface area contributed by atoms with E-state index in [9.17, 15) is 9.18 Å². The minimum atomic E-state index is -0.462. The SMILES string of the molecule is COC(=O)c1ccc2c(c1)C(c1c(F)cccc1OC)=CC(C)O2. The number of ether oxygens (including phenoxy) is 3. The van der Waals surface area contributed by atoms with Gasteiger partial charge in [0.05, 0.1) is 25.3 Å². The van der Waals surface area contributed by atoms with E-state index in [1.54, 1.807) is 30.3 Å². The van der Waals surface area contributed by atoms with Gasteiger partial charge in [0.15, 0.2) is 0 Å². The van der Waals surface area contributed by atoms with Crippen molar-refractivity contribution in [2.24, 2.45) is 0 Å². The summed E-state index contributed by atoms with van der Waals surface area (Å²) in [4.78, 5) is 11.8. The summed E-state index contributed by atoms with van der Waals surface area (Å²) in [7, 11) is 2.81. The Hall–Kier alpha value is -2.82. The van der Waals surface area contributed by atoms with Crippen molar-refractivity contribution in [3.63, 3.8) is 0 Å². The zero-order valence-electron chi connectivity index (χ0n) is 13.6. The van der Waals surface area contributed by atoms with E-state index in [0.29, 0.717) is 33.8 Å². The van der Waals surface area contributed by atoms with Crippen molar-refractivity contribution in [2.45, 2.75) is 13.0 Å². The fourth-order valence-corrected chi connectivity index (χ4v) is 2.80. The number of esters is 1. The second-order valence-corrected chi connectivity index (χ2v) is 5.42. The lowest BCUT2D eigenvalue weighted by Gasteiger charge is -2.25. The molecule has 0 radical (unpaired) electrons. The second kappa shape index (κ2) is 6.35. The molecule has 0 saturated heterocycles. The minimum absolute atomic E-state index is 0.235. The molecule has 24 heavy (non-hydrogen) atoms. The van der Waals surface area contributed by atoms with Crippen molar-refractivity contribution in [1.82, 2.24) is 0 Å². The van der Waals surface area contributed by atoms with Crippen LogP contribution in [-0.2, 0) is 4.74 Å². The predicted octanol–water partition coefficient (Wildman–Crippen LogP) is 3.83. The molecule has 1 atom stereocenters. The summed E-state index contributed by atoms with van der Waals surface area (Å²) in [5.74, 6) is 0.142. The molecule has 0 bridgehead atoms. The fraction of sp³-hybridized carbons (Fsp3) is 0.211. The van der Waals surface area contributed by atoms with Crippen LogP contribution in [0.2, 0.25) is 0 Å². The van der Waals surface area contributed by atoms with Gasteiger partial charge in [-0.05, 0) is 48.9 Å². The van der Waals surface area contributed by atoms with Gasteiger partial charge in [-0.25, -0.2) is 9.18 Å². The molecule has 0 aliphatic carbocycles. The van der Waals surface area contributed by atoms with E-state index in [1.165, 1.54) is 20.3 Å². The molecule has 0 spiro atoms. The highest BCUT2D eigenvalue weighted by Crippen LogP contribution is 2.41. The van der Waals surface area contributed by atoms with Crippen LogP contribution >= 0.6 is 0 Å². The minimum Gasteiger partial charge on any atom is -0.496 e. The molecule has 1 unspecified atom stereocenters.